The fraction of sp³-hybridized carbons (Fsp3) is 0.105. The average molecular weight is 367 g/mol. The molecule has 6 nitrogen and oxygen atoms in total. The second kappa shape index (κ2) is 8.26. The van der Waals surface area contributed by atoms with Crippen molar-refractivity contribution in [2.75, 3.05) is 4.90 Å². The van der Waals surface area contributed by atoms with E-state index in [1.54, 1.807) is 34.8 Å². The van der Waals surface area contributed by atoms with Crippen molar-refractivity contribution >= 4 is 40.0 Å². The summed E-state index contributed by atoms with van der Waals surface area (Å²) in [6, 6.07) is 12.9. The van der Waals surface area contributed by atoms with Crippen LogP contribution in [0.2, 0.25) is 0 Å². The molecule has 2 amide bonds. The molecule has 0 bridgehead atoms. The second-order valence-corrected chi connectivity index (χ2v) is 6.21. The van der Waals surface area contributed by atoms with Crippen LogP contribution in [-0.4, -0.2) is 16.8 Å². The van der Waals surface area contributed by atoms with Gasteiger partial charge in [-0.25, -0.2) is 4.98 Å². The number of para-hydroxylation sites is 1. The highest BCUT2D eigenvalue weighted by atomic mass is 32.1. The summed E-state index contributed by atoms with van der Waals surface area (Å²) in [6.45, 7) is 1.82. The van der Waals surface area contributed by atoms with Gasteiger partial charge in [0.2, 0.25) is 11.8 Å². The van der Waals surface area contributed by atoms with E-state index in [0.29, 0.717) is 23.1 Å². The van der Waals surface area contributed by atoms with Gasteiger partial charge >= 0.3 is 0 Å². The van der Waals surface area contributed by atoms with Gasteiger partial charge < -0.3 is 9.73 Å². The number of thiazole rings is 1. The van der Waals surface area contributed by atoms with Crippen LogP contribution in [0.3, 0.4) is 0 Å². The predicted molar refractivity (Wildman–Crippen MR) is 101 cm³/mol. The van der Waals surface area contributed by atoms with Gasteiger partial charge in [0.05, 0.1) is 24.2 Å². The number of furan rings is 1. The summed E-state index contributed by atoms with van der Waals surface area (Å²) in [7, 11) is 0. The van der Waals surface area contributed by atoms with Crippen LogP contribution >= 0.6 is 11.3 Å². The van der Waals surface area contributed by atoms with Crippen LogP contribution in [0.4, 0.5) is 10.8 Å². The third-order valence-electron chi connectivity index (χ3n) is 3.45. The number of carbonyl (C=O) groups is 2. The molecule has 0 saturated carbocycles. The SMILES string of the molecule is CC(=O)N(c1ccccc1)c1nc(C=CC(=O)NCc2ccco2)cs1. The second-order valence-electron chi connectivity index (χ2n) is 5.38. The molecule has 0 atom stereocenters. The molecule has 132 valence electrons. The highest BCUT2D eigenvalue weighted by Crippen LogP contribution is 2.28. The number of aromatic nitrogens is 1. The van der Waals surface area contributed by atoms with Crippen molar-refractivity contribution in [2.45, 2.75) is 13.5 Å². The van der Waals surface area contributed by atoms with E-state index in [1.165, 1.54) is 24.3 Å². The van der Waals surface area contributed by atoms with Crippen molar-refractivity contribution in [2.24, 2.45) is 0 Å². The van der Waals surface area contributed by atoms with Gasteiger partial charge in [-0.1, -0.05) is 18.2 Å². The van der Waals surface area contributed by atoms with Crippen LogP contribution in [0.1, 0.15) is 18.4 Å². The van der Waals surface area contributed by atoms with Crippen LogP contribution < -0.4 is 10.2 Å². The Hall–Kier alpha value is -3.19. The summed E-state index contributed by atoms with van der Waals surface area (Å²) in [5.41, 5.74) is 1.36. The molecule has 3 aromatic rings. The Labute approximate surface area is 154 Å². The molecule has 1 aromatic carbocycles. The molecule has 2 aromatic heterocycles. The highest BCUT2D eigenvalue weighted by molar-refractivity contribution is 7.14. The molecule has 0 aliphatic rings. The Morgan fingerprint density at radius 3 is 2.73 bits per heavy atom. The molecular weight excluding hydrogens is 350 g/mol. The van der Waals surface area contributed by atoms with Crippen LogP contribution in [0.5, 0.6) is 0 Å². The molecule has 0 spiro atoms. The van der Waals surface area contributed by atoms with Crippen molar-refractivity contribution in [3.63, 3.8) is 0 Å². The summed E-state index contributed by atoms with van der Waals surface area (Å²) in [5.74, 6) is 0.308. The Balaban J connectivity index is 1.66. The normalized spacial score (nSPS) is 10.8. The van der Waals surface area contributed by atoms with Gasteiger partial charge in [-0.3, -0.25) is 14.5 Å². The summed E-state index contributed by atoms with van der Waals surface area (Å²) in [5, 5.41) is 5.07. The van der Waals surface area contributed by atoms with E-state index in [9.17, 15) is 9.59 Å². The molecule has 26 heavy (non-hydrogen) atoms. The van der Waals surface area contributed by atoms with Gasteiger partial charge in [-0.15, -0.1) is 11.3 Å². The zero-order chi connectivity index (χ0) is 18.4. The van der Waals surface area contributed by atoms with Crippen LogP contribution in [0, 0.1) is 0 Å². The number of nitrogens with zero attached hydrogens (tertiary/aromatic N) is 2. The van der Waals surface area contributed by atoms with E-state index in [4.69, 9.17) is 4.42 Å². The topological polar surface area (TPSA) is 75.4 Å². The van der Waals surface area contributed by atoms with E-state index in [2.05, 4.69) is 10.3 Å². The molecule has 3 rings (SSSR count). The lowest BCUT2D eigenvalue weighted by atomic mass is 10.3. The first-order valence-electron chi connectivity index (χ1n) is 7.93. The van der Waals surface area contributed by atoms with Gasteiger partial charge in [0.15, 0.2) is 5.13 Å². The minimum absolute atomic E-state index is 0.128. The lowest BCUT2D eigenvalue weighted by Crippen LogP contribution is -2.22. The average Bonchev–Trinajstić information content (AvgIpc) is 3.31. The van der Waals surface area contributed by atoms with Crippen LogP contribution in [-0.2, 0) is 16.1 Å². The highest BCUT2D eigenvalue weighted by Gasteiger charge is 2.17. The first-order chi connectivity index (χ1) is 12.6. The molecule has 0 aliphatic heterocycles. The molecule has 1 N–H and O–H groups in total. The quantitative estimate of drug-likeness (QED) is 0.673. The van der Waals surface area contributed by atoms with Gasteiger partial charge in [0, 0.05) is 18.4 Å². The number of hydrogen-bond acceptors (Lipinski definition) is 5. The standard InChI is InChI=1S/C19H17N3O3S/c1-14(23)22(16-6-3-2-4-7-16)19-21-15(13-26-19)9-10-18(24)20-12-17-8-5-11-25-17/h2-11,13H,12H2,1H3,(H,20,24). The lowest BCUT2D eigenvalue weighted by Gasteiger charge is -2.17. The van der Waals surface area contributed by atoms with Crippen molar-refractivity contribution < 1.29 is 14.0 Å². The number of anilines is 2. The Morgan fingerprint density at radius 1 is 1.23 bits per heavy atom. The summed E-state index contributed by atoms with van der Waals surface area (Å²) < 4.78 is 5.15. The van der Waals surface area contributed by atoms with Crippen LogP contribution in [0.15, 0.2) is 64.6 Å². The van der Waals surface area contributed by atoms with E-state index in [-0.39, 0.29) is 11.8 Å². The fourth-order valence-electron chi connectivity index (χ4n) is 2.27. The predicted octanol–water partition coefficient (Wildman–Crippen LogP) is 3.75. The third kappa shape index (κ3) is 4.46. The molecule has 2 heterocycles. The monoisotopic (exact) mass is 367 g/mol. The largest absolute Gasteiger partial charge is 0.467 e. The van der Waals surface area contributed by atoms with E-state index in [1.807, 2.05) is 30.3 Å². The van der Waals surface area contributed by atoms with E-state index < -0.39 is 0 Å². The van der Waals surface area contributed by atoms with Crippen molar-refractivity contribution in [3.8, 4) is 0 Å². The Morgan fingerprint density at radius 2 is 2.04 bits per heavy atom. The smallest absolute Gasteiger partial charge is 0.244 e. The molecule has 0 saturated heterocycles. The van der Waals surface area contributed by atoms with Gasteiger partial charge in [0.1, 0.15) is 5.76 Å². The maximum Gasteiger partial charge on any atom is 0.244 e. The molecule has 0 fully saturated rings. The number of nitrogens with one attached hydrogen (secondary N) is 1. The molecular formula is C19H17N3O3S. The minimum Gasteiger partial charge on any atom is -0.467 e. The van der Waals surface area contributed by atoms with Crippen LogP contribution in [0.25, 0.3) is 6.08 Å². The van der Waals surface area contributed by atoms with Crippen molar-refractivity contribution in [1.82, 2.24) is 10.3 Å². The first-order valence-corrected chi connectivity index (χ1v) is 8.81. The zero-order valence-electron chi connectivity index (χ0n) is 14.1. The van der Waals surface area contributed by atoms with Crippen molar-refractivity contribution in [3.05, 3.63) is 71.6 Å². The molecule has 0 radical (unpaired) electrons. The fourth-order valence-corrected chi connectivity index (χ4v) is 3.12. The Bertz CT molecular complexity index is 901. The minimum atomic E-state index is -0.248. The van der Waals surface area contributed by atoms with Gasteiger partial charge in [0.25, 0.3) is 0 Å². The van der Waals surface area contributed by atoms with E-state index in [0.717, 1.165) is 5.69 Å². The Kier molecular flexibility index (Phi) is 5.60. The number of carbonyl (C=O) groups excluding carboxylic acids is 2. The number of amides is 2. The molecule has 0 unspecified atom stereocenters. The first kappa shape index (κ1) is 17.6. The zero-order valence-corrected chi connectivity index (χ0v) is 14.9. The van der Waals surface area contributed by atoms with E-state index >= 15 is 0 Å². The summed E-state index contributed by atoms with van der Waals surface area (Å²) in [4.78, 5) is 29.8. The maximum atomic E-state index is 12.0. The van der Waals surface area contributed by atoms with Gasteiger partial charge in [-0.2, -0.15) is 0 Å². The number of hydrogen-bond donors (Lipinski definition) is 1. The summed E-state index contributed by atoms with van der Waals surface area (Å²) >= 11 is 1.34. The van der Waals surface area contributed by atoms with Gasteiger partial charge in [-0.05, 0) is 30.3 Å². The number of rotatable bonds is 6. The molecule has 7 heteroatoms. The third-order valence-corrected chi connectivity index (χ3v) is 4.30. The molecule has 0 aliphatic carbocycles. The summed E-state index contributed by atoms with van der Waals surface area (Å²) in [6.07, 6.45) is 4.57. The van der Waals surface area contributed by atoms with Crippen molar-refractivity contribution in [1.29, 1.82) is 0 Å². The number of benzene rings is 1. The maximum absolute atomic E-state index is 12.0. The lowest BCUT2D eigenvalue weighted by molar-refractivity contribution is -0.117.